The van der Waals surface area contributed by atoms with Crippen molar-refractivity contribution in [3.05, 3.63) is 48.1 Å². The lowest BCUT2D eigenvalue weighted by Gasteiger charge is -2.21. The van der Waals surface area contributed by atoms with Crippen molar-refractivity contribution in [2.75, 3.05) is 6.61 Å². The summed E-state index contributed by atoms with van der Waals surface area (Å²) in [5.74, 6) is 1.89. The van der Waals surface area contributed by atoms with Crippen LogP contribution < -0.4 is 4.74 Å². The zero-order chi connectivity index (χ0) is 17.5. The zero-order valence-electron chi connectivity index (χ0n) is 14.7. The van der Waals surface area contributed by atoms with Crippen LogP contribution in [0.4, 0.5) is 0 Å². The monoisotopic (exact) mass is 334 g/mol. The highest BCUT2D eigenvalue weighted by atomic mass is 16.5. The first-order valence-electron chi connectivity index (χ1n) is 9.10. The predicted molar refractivity (Wildman–Crippen MR) is 97.9 cm³/mol. The summed E-state index contributed by atoms with van der Waals surface area (Å²) in [4.78, 5) is 8.85. The van der Waals surface area contributed by atoms with Crippen LogP contribution >= 0.6 is 0 Å². The molecular weight excluding hydrogens is 310 g/mol. The van der Waals surface area contributed by atoms with Gasteiger partial charge < -0.3 is 4.74 Å². The second-order valence-electron chi connectivity index (χ2n) is 6.61. The number of aromatic nitrogens is 2. The van der Waals surface area contributed by atoms with Crippen LogP contribution in [0.5, 0.6) is 5.75 Å². The first-order chi connectivity index (χ1) is 12.3. The second-order valence-corrected chi connectivity index (χ2v) is 6.61. The molecule has 25 heavy (non-hydrogen) atoms. The van der Waals surface area contributed by atoms with Gasteiger partial charge in [0.05, 0.1) is 12.2 Å². The van der Waals surface area contributed by atoms with E-state index in [4.69, 9.17) is 4.74 Å². The lowest BCUT2D eigenvalue weighted by molar-refractivity contribution is 0.220. The van der Waals surface area contributed by atoms with Gasteiger partial charge in [-0.25, -0.2) is 9.97 Å². The molecule has 1 aromatic carbocycles. The molecule has 1 aromatic heterocycles. The van der Waals surface area contributed by atoms with Gasteiger partial charge in [-0.2, -0.15) is 5.26 Å². The molecule has 1 radical (unpaired) electrons. The number of ether oxygens (including phenoxy) is 1. The predicted octanol–water partition coefficient (Wildman–Crippen LogP) is 4.74. The molecule has 0 atom stereocenters. The molecule has 3 rings (SSSR count). The molecule has 0 spiro atoms. The third kappa shape index (κ3) is 4.57. The number of benzene rings is 1. The first-order valence-corrected chi connectivity index (χ1v) is 9.10. The molecular formula is C21H24N3O. The third-order valence-corrected chi connectivity index (χ3v) is 4.63. The summed E-state index contributed by atoms with van der Waals surface area (Å²) in [7, 11) is 0. The highest BCUT2D eigenvalue weighted by Gasteiger charge is 2.15. The van der Waals surface area contributed by atoms with Crippen LogP contribution in [0, 0.1) is 23.7 Å². The van der Waals surface area contributed by atoms with Gasteiger partial charge in [-0.3, -0.25) is 0 Å². The van der Waals surface area contributed by atoms with Crippen molar-refractivity contribution in [2.24, 2.45) is 5.92 Å². The molecule has 4 nitrogen and oxygen atoms in total. The highest BCUT2D eigenvalue weighted by Crippen LogP contribution is 2.27. The van der Waals surface area contributed by atoms with Crippen LogP contribution in [0.1, 0.15) is 50.2 Å². The molecule has 129 valence electrons. The quantitative estimate of drug-likeness (QED) is 0.765. The van der Waals surface area contributed by atoms with E-state index in [0.29, 0.717) is 29.7 Å². The lowest BCUT2D eigenvalue weighted by Crippen LogP contribution is -2.15. The van der Waals surface area contributed by atoms with Gasteiger partial charge >= 0.3 is 0 Å². The Morgan fingerprint density at radius 1 is 1.20 bits per heavy atom. The molecule has 1 saturated carbocycles. The fourth-order valence-electron chi connectivity index (χ4n) is 3.17. The first kappa shape index (κ1) is 17.4. The van der Waals surface area contributed by atoms with E-state index in [9.17, 15) is 5.26 Å². The molecule has 1 aliphatic carbocycles. The van der Waals surface area contributed by atoms with Gasteiger partial charge in [0.1, 0.15) is 11.8 Å². The van der Waals surface area contributed by atoms with Gasteiger partial charge in [0.25, 0.3) is 0 Å². The number of nitriles is 1. The number of rotatable bonds is 6. The summed E-state index contributed by atoms with van der Waals surface area (Å²) >= 11 is 0. The van der Waals surface area contributed by atoms with E-state index in [1.807, 2.05) is 30.6 Å². The Morgan fingerprint density at radius 3 is 2.64 bits per heavy atom. The van der Waals surface area contributed by atoms with Crippen molar-refractivity contribution in [2.45, 2.75) is 45.4 Å². The normalized spacial score (nSPS) is 14.9. The van der Waals surface area contributed by atoms with Crippen LogP contribution in [-0.2, 0) is 6.42 Å². The summed E-state index contributed by atoms with van der Waals surface area (Å²) in [6.07, 6.45) is 12.8. The standard InChI is InChI=1S/C21H24N3O/c1-2-6-17-13-23-21(24-14-17)18-9-10-20(19(11-18)12-22)25-15-16-7-4-3-5-8-16/h3,9-11,13-14,16H,2,4-8,15H2,1H3. The van der Waals surface area contributed by atoms with Crippen molar-refractivity contribution in [1.82, 2.24) is 9.97 Å². The number of hydrogen-bond donors (Lipinski definition) is 0. The Balaban J connectivity index is 1.71. The van der Waals surface area contributed by atoms with E-state index < -0.39 is 0 Å². The van der Waals surface area contributed by atoms with Crippen molar-refractivity contribution in [3.63, 3.8) is 0 Å². The average Bonchev–Trinajstić information content (AvgIpc) is 2.68. The van der Waals surface area contributed by atoms with Gasteiger partial charge in [-0.15, -0.1) is 0 Å². The molecule has 0 unspecified atom stereocenters. The number of aryl methyl sites for hydroxylation is 1. The maximum absolute atomic E-state index is 9.47. The molecule has 1 aliphatic rings. The van der Waals surface area contributed by atoms with Crippen LogP contribution in [0.3, 0.4) is 0 Å². The molecule has 0 aliphatic heterocycles. The number of hydrogen-bond acceptors (Lipinski definition) is 4. The van der Waals surface area contributed by atoms with Gasteiger partial charge in [-0.1, -0.05) is 13.3 Å². The highest BCUT2D eigenvalue weighted by molar-refractivity contribution is 5.61. The van der Waals surface area contributed by atoms with Crippen molar-refractivity contribution >= 4 is 0 Å². The van der Waals surface area contributed by atoms with Crippen LogP contribution in [0.15, 0.2) is 30.6 Å². The smallest absolute Gasteiger partial charge is 0.159 e. The minimum Gasteiger partial charge on any atom is -0.492 e. The summed E-state index contributed by atoms with van der Waals surface area (Å²) in [5.41, 5.74) is 2.52. The maximum Gasteiger partial charge on any atom is 0.159 e. The Bertz CT molecular complexity index is 728. The fraction of sp³-hybridized carbons (Fsp3) is 0.429. The lowest BCUT2D eigenvalue weighted by atomic mass is 9.90. The summed E-state index contributed by atoms with van der Waals surface area (Å²) < 4.78 is 5.93. The van der Waals surface area contributed by atoms with E-state index in [-0.39, 0.29) is 0 Å². The Hall–Kier alpha value is -2.41. The van der Waals surface area contributed by atoms with Crippen LogP contribution in [0.25, 0.3) is 11.4 Å². The van der Waals surface area contributed by atoms with Gasteiger partial charge in [0.15, 0.2) is 5.82 Å². The average molecular weight is 334 g/mol. The van der Waals surface area contributed by atoms with E-state index >= 15 is 0 Å². The third-order valence-electron chi connectivity index (χ3n) is 4.63. The topological polar surface area (TPSA) is 58.8 Å². The van der Waals surface area contributed by atoms with E-state index in [1.165, 1.54) is 25.7 Å². The van der Waals surface area contributed by atoms with Crippen molar-refractivity contribution in [1.29, 1.82) is 5.26 Å². The molecule has 4 heteroatoms. The molecule has 0 amide bonds. The Labute approximate surface area is 149 Å². The minimum absolute atomic E-state index is 0.543. The minimum atomic E-state index is 0.543. The maximum atomic E-state index is 9.47. The molecule has 1 fully saturated rings. The summed E-state index contributed by atoms with van der Waals surface area (Å²) in [6.45, 7) is 2.82. The van der Waals surface area contributed by atoms with Crippen LogP contribution in [-0.4, -0.2) is 16.6 Å². The molecule has 0 saturated heterocycles. The molecule has 0 bridgehead atoms. The van der Waals surface area contributed by atoms with Gasteiger partial charge in [-0.05, 0) is 68.2 Å². The van der Waals surface area contributed by atoms with Crippen LogP contribution in [0.2, 0.25) is 0 Å². The summed E-state index contributed by atoms with van der Waals surface area (Å²) in [6, 6.07) is 7.85. The fourth-order valence-corrected chi connectivity index (χ4v) is 3.17. The van der Waals surface area contributed by atoms with Gasteiger partial charge in [0.2, 0.25) is 0 Å². The molecule has 2 aromatic rings. The van der Waals surface area contributed by atoms with Crippen molar-refractivity contribution in [3.8, 4) is 23.2 Å². The Morgan fingerprint density at radius 2 is 1.96 bits per heavy atom. The summed E-state index contributed by atoms with van der Waals surface area (Å²) in [5, 5.41) is 9.47. The Kier molecular flexibility index (Phi) is 6.00. The van der Waals surface area contributed by atoms with Crippen molar-refractivity contribution < 1.29 is 4.74 Å². The SMILES string of the molecule is CCCc1cnc(-c2ccc(OCC3CC[CH]CC3)c(C#N)c2)nc1. The molecule has 1 heterocycles. The van der Waals surface area contributed by atoms with E-state index in [0.717, 1.165) is 24.0 Å². The zero-order valence-corrected chi connectivity index (χ0v) is 14.7. The second kappa shape index (κ2) is 8.62. The number of nitrogens with zero attached hydrogens (tertiary/aromatic N) is 3. The van der Waals surface area contributed by atoms with E-state index in [1.54, 1.807) is 0 Å². The molecule has 0 N–H and O–H groups in total. The largest absolute Gasteiger partial charge is 0.492 e. The van der Waals surface area contributed by atoms with Gasteiger partial charge in [0, 0.05) is 18.0 Å². The van der Waals surface area contributed by atoms with E-state index in [2.05, 4.69) is 29.4 Å².